The molecule has 1 aliphatic heterocycles. The van der Waals surface area contributed by atoms with Gasteiger partial charge in [0.15, 0.2) is 6.61 Å². The second-order valence-corrected chi connectivity index (χ2v) is 6.50. The Morgan fingerprint density at radius 3 is 2.60 bits per heavy atom. The molecule has 1 N–H and O–H groups in total. The molecule has 0 aliphatic carbocycles. The Balaban J connectivity index is 1.80. The lowest BCUT2D eigenvalue weighted by Crippen LogP contribution is -2.55. The minimum Gasteiger partial charge on any atom is -0.484 e. The standard InChI is InChI=1S/C17H23F3N2O3/c1-16(2,22-6-8-24-9-7-22)12-21-15(23)11-25-14-5-3-4-13(10-14)17(18,19)20/h3-5,10H,6-9,11-12H2,1-2H3,(H,21,23). The lowest BCUT2D eigenvalue weighted by molar-refractivity contribution is -0.137. The van der Waals surface area contributed by atoms with Crippen LogP contribution in [0.25, 0.3) is 0 Å². The maximum absolute atomic E-state index is 12.6. The Kier molecular flexibility index (Phi) is 6.29. The number of nitrogens with zero attached hydrogens (tertiary/aromatic N) is 1. The van der Waals surface area contributed by atoms with Gasteiger partial charge in [0, 0.05) is 25.2 Å². The zero-order valence-corrected chi connectivity index (χ0v) is 14.4. The fourth-order valence-corrected chi connectivity index (χ4v) is 2.56. The molecule has 0 bridgehead atoms. The highest BCUT2D eigenvalue weighted by molar-refractivity contribution is 5.77. The molecular weight excluding hydrogens is 337 g/mol. The summed E-state index contributed by atoms with van der Waals surface area (Å²) >= 11 is 0. The van der Waals surface area contributed by atoms with Crippen molar-refractivity contribution in [2.45, 2.75) is 25.6 Å². The third-order valence-electron chi connectivity index (χ3n) is 4.12. The van der Waals surface area contributed by atoms with Gasteiger partial charge in [-0.2, -0.15) is 13.2 Å². The average Bonchev–Trinajstić information content (AvgIpc) is 2.58. The molecule has 1 amide bonds. The lowest BCUT2D eigenvalue weighted by Gasteiger charge is -2.40. The van der Waals surface area contributed by atoms with Crippen molar-refractivity contribution >= 4 is 5.91 Å². The van der Waals surface area contributed by atoms with E-state index in [9.17, 15) is 18.0 Å². The molecule has 1 fully saturated rings. The van der Waals surface area contributed by atoms with Crippen molar-refractivity contribution in [2.24, 2.45) is 0 Å². The monoisotopic (exact) mass is 360 g/mol. The Morgan fingerprint density at radius 1 is 1.28 bits per heavy atom. The first-order chi connectivity index (χ1) is 11.7. The fraction of sp³-hybridized carbons (Fsp3) is 0.588. The van der Waals surface area contributed by atoms with Crippen LogP contribution in [0.2, 0.25) is 0 Å². The maximum atomic E-state index is 12.6. The molecule has 0 saturated carbocycles. The minimum absolute atomic E-state index is 0.0115. The third kappa shape index (κ3) is 5.89. The molecule has 2 rings (SSSR count). The Hall–Kier alpha value is -1.80. The van der Waals surface area contributed by atoms with E-state index in [0.29, 0.717) is 19.8 Å². The van der Waals surface area contributed by atoms with E-state index < -0.39 is 11.7 Å². The highest BCUT2D eigenvalue weighted by atomic mass is 19.4. The second kappa shape index (κ2) is 8.05. The van der Waals surface area contributed by atoms with Gasteiger partial charge in [-0.05, 0) is 32.0 Å². The summed E-state index contributed by atoms with van der Waals surface area (Å²) in [5, 5.41) is 2.77. The van der Waals surface area contributed by atoms with Crippen molar-refractivity contribution < 1.29 is 27.4 Å². The first-order valence-corrected chi connectivity index (χ1v) is 8.08. The van der Waals surface area contributed by atoms with Gasteiger partial charge in [-0.3, -0.25) is 9.69 Å². The van der Waals surface area contributed by atoms with Gasteiger partial charge >= 0.3 is 6.18 Å². The van der Waals surface area contributed by atoms with Crippen LogP contribution in [-0.2, 0) is 15.7 Å². The van der Waals surface area contributed by atoms with Gasteiger partial charge in [0.2, 0.25) is 0 Å². The van der Waals surface area contributed by atoms with Gasteiger partial charge < -0.3 is 14.8 Å². The van der Waals surface area contributed by atoms with Gasteiger partial charge in [0.25, 0.3) is 5.91 Å². The van der Waals surface area contributed by atoms with E-state index in [1.807, 2.05) is 13.8 Å². The molecule has 0 unspecified atom stereocenters. The number of nitrogens with one attached hydrogen (secondary N) is 1. The molecule has 0 spiro atoms. The number of alkyl halides is 3. The molecule has 0 atom stereocenters. The predicted octanol–water partition coefficient (Wildman–Crippen LogP) is 2.31. The fourth-order valence-electron chi connectivity index (χ4n) is 2.56. The quantitative estimate of drug-likeness (QED) is 0.846. The van der Waals surface area contributed by atoms with Crippen LogP contribution < -0.4 is 10.1 Å². The highest BCUT2D eigenvalue weighted by Crippen LogP contribution is 2.31. The number of carbonyl (C=O) groups is 1. The first-order valence-electron chi connectivity index (χ1n) is 8.08. The molecule has 5 nitrogen and oxygen atoms in total. The normalized spacial score (nSPS) is 16.5. The largest absolute Gasteiger partial charge is 0.484 e. The van der Waals surface area contributed by atoms with Gasteiger partial charge in [-0.25, -0.2) is 0 Å². The number of amides is 1. The number of hydrogen-bond donors (Lipinski definition) is 1. The molecule has 0 aromatic heterocycles. The maximum Gasteiger partial charge on any atom is 0.416 e. The Morgan fingerprint density at radius 2 is 1.96 bits per heavy atom. The minimum atomic E-state index is -4.44. The molecule has 8 heteroatoms. The molecule has 0 radical (unpaired) electrons. The van der Waals surface area contributed by atoms with E-state index >= 15 is 0 Å². The van der Waals surface area contributed by atoms with Crippen LogP contribution in [-0.4, -0.2) is 55.8 Å². The number of ether oxygens (including phenoxy) is 2. The zero-order chi connectivity index (χ0) is 18.5. The summed E-state index contributed by atoms with van der Waals surface area (Å²) in [5.41, 5.74) is -1.05. The van der Waals surface area contributed by atoms with Crippen LogP contribution >= 0.6 is 0 Å². The molecule has 1 aromatic carbocycles. The van der Waals surface area contributed by atoms with E-state index in [2.05, 4.69) is 10.2 Å². The van der Waals surface area contributed by atoms with Crippen molar-refractivity contribution in [1.82, 2.24) is 10.2 Å². The summed E-state index contributed by atoms with van der Waals surface area (Å²) in [6, 6.07) is 4.47. The van der Waals surface area contributed by atoms with Crippen LogP contribution in [0.4, 0.5) is 13.2 Å². The molecule has 1 saturated heterocycles. The number of halogens is 3. The number of carbonyl (C=O) groups excluding carboxylic acids is 1. The number of benzene rings is 1. The Labute approximate surface area is 145 Å². The molecule has 1 heterocycles. The average molecular weight is 360 g/mol. The lowest BCUT2D eigenvalue weighted by atomic mass is 10.0. The van der Waals surface area contributed by atoms with E-state index in [0.717, 1.165) is 25.2 Å². The molecule has 140 valence electrons. The molecule has 1 aromatic rings. The van der Waals surface area contributed by atoms with Gasteiger partial charge in [-0.1, -0.05) is 6.07 Å². The predicted molar refractivity (Wildman–Crippen MR) is 86.4 cm³/mol. The summed E-state index contributed by atoms with van der Waals surface area (Å²) in [4.78, 5) is 14.2. The zero-order valence-electron chi connectivity index (χ0n) is 14.4. The third-order valence-corrected chi connectivity index (χ3v) is 4.12. The van der Waals surface area contributed by atoms with E-state index in [4.69, 9.17) is 9.47 Å². The van der Waals surface area contributed by atoms with Gasteiger partial charge in [0.1, 0.15) is 5.75 Å². The molecular formula is C17H23F3N2O3. The summed E-state index contributed by atoms with van der Waals surface area (Å²) in [5.74, 6) is -0.365. The summed E-state index contributed by atoms with van der Waals surface area (Å²) < 4.78 is 48.4. The topological polar surface area (TPSA) is 50.8 Å². The van der Waals surface area contributed by atoms with Crippen LogP contribution in [0.1, 0.15) is 19.4 Å². The van der Waals surface area contributed by atoms with E-state index in [1.165, 1.54) is 12.1 Å². The SMILES string of the molecule is CC(C)(CNC(=O)COc1cccc(C(F)(F)F)c1)N1CCOCC1. The van der Waals surface area contributed by atoms with Gasteiger partial charge in [0.05, 0.1) is 18.8 Å². The summed E-state index contributed by atoms with van der Waals surface area (Å²) in [7, 11) is 0. The second-order valence-electron chi connectivity index (χ2n) is 6.50. The van der Waals surface area contributed by atoms with Crippen molar-refractivity contribution in [1.29, 1.82) is 0 Å². The number of hydrogen-bond acceptors (Lipinski definition) is 4. The van der Waals surface area contributed by atoms with Crippen molar-refractivity contribution in [3.8, 4) is 5.75 Å². The van der Waals surface area contributed by atoms with Crippen molar-refractivity contribution in [2.75, 3.05) is 39.5 Å². The van der Waals surface area contributed by atoms with Crippen LogP contribution in [0.5, 0.6) is 5.75 Å². The van der Waals surface area contributed by atoms with E-state index in [1.54, 1.807) is 0 Å². The molecule has 1 aliphatic rings. The summed E-state index contributed by atoms with van der Waals surface area (Å²) in [6.07, 6.45) is -4.44. The van der Waals surface area contributed by atoms with Crippen molar-refractivity contribution in [3.05, 3.63) is 29.8 Å². The smallest absolute Gasteiger partial charge is 0.416 e. The van der Waals surface area contributed by atoms with Crippen LogP contribution in [0, 0.1) is 0 Å². The van der Waals surface area contributed by atoms with Crippen LogP contribution in [0.15, 0.2) is 24.3 Å². The van der Waals surface area contributed by atoms with Crippen molar-refractivity contribution in [3.63, 3.8) is 0 Å². The molecule has 25 heavy (non-hydrogen) atoms. The summed E-state index contributed by atoms with van der Waals surface area (Å²) in [6.45, 7) is 7.04. The number of morpholine rings is 1. The first kappa shape index (κ1) is 19.5. The Bertz CT molecular complexity index is 585. The van der Waals surface area contributed by atoms with Gasteiger partial charge in [-0.15, -0.1) is 0 Å². The highest BCUT2D eigenvalue weighted by Gasteiger charge is 2.31. The number of rotatable bonds is 6. The van der Waals surface area contributed by atoms with E-state index in [-0.39, 0.29) is 23.8 Å². The van der Waals surface area contributed by atoms with Crippen LogP contribution in [0.3, 0.4) is 0 Å².